The molecule has 0 fully saturated rings. The van der Waals surface area contributed by atoms with Crippen molar-refractivity contribution in [3.63, 3.8) is 0 Å². The number of oxazole rings is 1. The highest BCUT2D eigenvalue weighted by Gasteiger charge is 2.10. The van der Waals surface area contributed by atoms with Gasteiger partial charge >= 0.3 is 6.61 Å². The number of ether oxygens (including phenoxy) is 1. The zero-order valence-corrected chi connectivity index (χ0v) is 11.4. The van der Waals surface area contributed by atoms with E-state index in [1.165, 1.54) is 18.7 Å². The molecule has 0 saturated carbocycles. The van der Waals surface area contributed by atoms with Gasteiger partial charge in [-0.15, -0.1) is 0 Å². The van der Waals surface area contributed by atoms with E-state index < -0.39 is 6.61 Å². The predicted molar refractivity (Wildman–Crippen MR) is 67.8 cm³/mol. The van der Waals surface area contributed by atoms with E-state index in [-0.39, 0.29) is 5.75 Å². The molecule has 0 saturated heterocycles. The lowest BCUT2D eigenvalue weighted by Crippen LogP contribution is -2.14. The molecule has 2 rings (SSSR count). The van der Waals surface area contributed by atoms with Crippen LogP contribution in [0.5, 0.6) is 5.75 Å². The average molecular weight is 333 g/mol. The number of rotatable bonds is 6. The Balaban J connectivity index is 1.99. The van der Waals surface area contributed by atoms with Gasteiger partial charge in [-0.1, -0.05) is 15.9 Å². The molecule has 0 bridgehead atoms. The second kappa shape index (κ2) is 6.63. The largest absolute Gasteiger partial charge is 0.451 e. The number of hydrogen-bond donors (Lipinski definition) is 1. The van der Waals surface area contributed by atoms with Crippen molar-refractivity contribution in [1.29, 1.82) is 0 Å². The van der Waals surface area contributed by atoms with E-state index in [0.29, 0.717) is 18.7 Å². The Morgan fingerprint density at radius 3 is 2.89 bits per heavy atom. The van der Waals surface area contributed by atoms with Gasteiger partial charge in [0.2, 0.25) is 0 Å². The maximum absolute atomic E-state index is 12.3. The number of alkyl halides is 2. The van der Waals surface area contributed by atoms with Crippen LogP contribution in [0.4, 0.5) is 8.78 Å². The van der Waals surface area contributed by atoms with Crippen molar-refractivity contribution in [3.8, 4) is 5.75 Å². The summed E-state index contributed by atoms with van der Waals surface area (Å²) in [7, 11) is 0. The van der Waals surface area contributed by atoms with Crippen molar-refractivity contribution in [3.05, 3.63) is 46.6 Å². The van der Waals surface area contributed by atoms with Crippen molar-refractivity contribution in [2.45, 2.75) is 19.7 Å². The first kappa shape index (κ1) is 14.0. The van der Waals surface area contributed by atoms with Gasteiger partial charge in [-0.25, -0.2) is 4.98 Å². The van der Waals surface area contributed by atoms with Crippen LogP contribution in [0.1, 0.15) is 11.3 Å². The summed E-state index contributed by atoms with van der Waals surface area (Å²) in [6.45, 7) is -1.97. The highest BCUT2D eigenvalue weighted by atomic mass is 79.9. The maximum Gasteiger partial charge on any atom is 0.387 e. The fourth-order valence-corrected chi connectivity index (χ4v) is 1.96. The lowest BCUT2D eigenvalue weighted by molar-refractivity contribution is -0.0505. The lowest BCUT2D eigenvalue weighted by atomic mass is 10.2. The second-order valence-electron chi connectivity index (χ2n) is 3.71. The minimum atomic E-state index is -2.84. The average Bonchev–Trinajstić information content (AvgIpc) is 2.85. The molecule has 0 spiro atoms. The topological polar surface area (TPSA) is 47.3 Å². The van der Waals surface area contributed by atoms with Crippen molar-refractivity contribution in [1.82, 2.24) is 10.3 Å². The van der Waals surface area contributed by atoms with Crippen LogP contribution in [0, 0.1) is 0 Å². The van der Waals surface area contributed by atoms with Gasteiger partial charge in [0, 0.05) is 23.1 Å². The van der Waals surface area contributed by atoms with Gasteiger partial charge in [0.15, 0.2) is 6.39 Å². The third-order valence-electron chi connectivity index (χ3n) is 2.34. The Morgan fingerprint density at radius 2 is 2.21 bits per heavy atom. The Labute approximate surface area is 116 Å². The van der Waals surface area contributed by atoms with E-state index >= 15 is 0 Å². The van der Waals surface area contributed by atoms with Crippen LogP contribution in [-0.2, 0) is 13.1 Å². The molecule has 0 aliphatic heterocycles. The zero-order valence-electron chi connectivity index (χ0n) is 9.78. The second-order valence-corrected chi connectivity index (χ2v) is 4.63. The predicted octanol–water partition coefficient (Wildman–Crippen LogP) is 3.33. The number of benzene rings is 1. The van der Waals surface area contributed by atoms with Crippen molar-refractivity contribution in [2.24, 2.45) is 0 Å². The molecular weight excluding hydrogens is 322 g/mol. The molecule has 7 heteroatoms. The minimum Gasteiger partial charge on any atom is -0.451 e. The molecule has 0 unspecified atom stereocenters. The zero-order chi connectivity index (χ0) is 13.7. The molecule has 0 aliphatic rings. The van der Waals surface area contributed by atoms with Crippen LogP contribution in [-0.4, -0.2) is 11.6 Å². The van der Waals surface area contributed by atoms with Crippen LogP contribution in [0.25, 0.3) is 0 Å². The molecule has 0 radical (unpaired) electrons. The lowest BCUT2D eigenvalue weighted by Gasteiger charge is -2.11. The quantitative estimate of drug-likeness (QED) is 0.881. The minimum absolute atomic E-state index is 0.158. The van der Waals surface area contributed by atoms with E-state index in [4.69, 9.17) is 4.42 Å². The van der Waals surface area contributed by atoms with Gasteiger partial charge < -0.3 is 14.5 Å². The number of hydrogen-bond acceptors (Lipinski definition) is 4. The SMILES string of the molecule is FC(F)Oc1ccc(Br)cc1CNCc1cocn1. The number of halogens is 3. The Bertz CT molecular complexity index is 520. The first-order valence-electron chi connectivity index (χ1n) is 5.46. The highest BCUT2D eigenvalue weighted by molar-refractivity contribution is 9.10. The Hall–Kier alpha value is -1.47. The monoisotopic (exact) mass is 332 g/mol. The Morgan fingerprint density at radius 1 is 1.37 bits per heavy atom. The molecule has 2 aromatic rings. The number of aromatic nitrogens is 1. The normalized spacial score (nSPS) is 10.9. The molecule has 0 aliphatic carbocycles. The number of nitrogens with one attached hydrogen (secondary N) is 1. The molecule has 102 valence electrons. The van der Waals surface area contributed by atoms with E-state index in [1.54, 1.807) is 12.1 Å². The molecule has 4 nitrogen and oxygen atoms in total. The third-order valence-corrected chi connectivity index (χ3v) is 2.84. The summed E-state index contributed by atoms with van der Waals surface area (Å²) in [4.78, 5) is 3.95. The fourth-order valence-electron chi connectivity index (χ4n) is 1.55. The van der Waals surface area contributed by atoms with Gasteiger partial charge in [-0.05, 0) is 18.2 Å². The summed E-state index contributed by atoms with van der Waals surface area (Å²) in [5, 5.41) is 3.08. The van der Waals surface area contributed by atoms with E-state index in [9.17, 15) is 8.78 Å². The van der Waals surface area contributed by atoms with E-state index in [2.05, 4.69) is 31.0 Å². The molecule has 1 heterocycles. The van der Waals surface area contributed by atoms with E-state index in [1.807, 2.05) is 0 Å². The van der Waals surface area contributed by atoms with Crippen molar-refractivity contribution >= 4 is 15.9 Å². The molecule has 1 aromatic heterocycles. The summed E-state index contributed by atoms with van der Waals surface area (Å²) in [6, 6.07) is 4.88. The van der Waals surface area contributed by atoms with Crippen molar-refractivity contribution in [2.75, 3.05) is 0 Å². The van der Waals surface area contributed by atoms with Crippen molar-refractivity contribution < 1.29 is 17.9 Å². The van der Waals surface area contributed by atoms with Gasteiger partial charge in [-0.3, -0.25) is 0 Å². The van der Waals surface area contributed by atoms with Crippen LogP contribution >= 0.6 is 15.9 Å². The highest BCUT2D eigenvalue weighted by Crippen LogP contribution is 2.24. The molecular formula is C12H11BrF2N2O2. The summed E-state index contributed by atoms with van der Waals surface area (Å²) in [5.41, 5.74) is 1.38. The summed E-state index contributed by atoms with van der Waals surface area (Å²) < 4.78 is 34.6. The number of nitrogens with zero attached hydrogens (tertiary/aromatic N) is 1. The summed E-state index contributed by atoms with van der Waals surface area (Å²) >= 11 is 3.29. The Kier molecular flexibility index (Phi) is 4.86. The summed E-state index contributed by atoms with van der Waals surface area (Å²) in [5.74, 6) is 0.158. The molecule has 1 N–H and O–H groups in total. The third kappa shape index (κ3) is 4.29. The van der Waals surface area contributed by atoms with Crippen LogP contribution in [0.2, 0.25) is 0 Å². The van der Waals surface area contributed by atoms with Gasteiger partial charge in [-0.2, -0.15) is 8.78 Å². The molecule has 19 heavy (non-hydrogen) atoms. The van der Waals surface area contributed by atoms with Gasteiger partial charge in [0.05, 0.1) is 5.69 Å². The fraction of sp³-hybridized carbons (Fsp3) is 0.250. The smallest absolute Gasteiger partial charge is 0.387 e. The van der Waals surface area contributed by atoms with Gasteiger partial charge in [0.1, 0.15) is 12.0 Å². The van der Waals surface area contributed by atoms with Gasteiger partial charge in [0.25, 0.3) is 0 Å². The van der Waals surface area contributed by atoms with Crippen LogP contribution < -0.4 is 10.1 Å². The van der Waals surface area contributed by atoms with Crippen LogP contribution in [0.3, 0.4) is 0 Å². The first-order chi connectivity index (χ1) is 9.15. The first-order valence-corrected chi connectivity index (χ1v) is 6.25. The summed E-state index contributed by atoms with van der Waals surface area (Å²) in [6.07, 6.45) is 2.85. The van der Waals surface area contributed by atoms with E-state index in [0.717, 1.165) is 10.2 Å². The standard InChI is InChI=1S/C12H11BrF2N2O2/c13-9-1-2-11(19-12(14)15)8(3-9)4-16-5-10-6-18-7-17-10/h1-3,6-7,12,16H,4-5H2. The van der Waals surface area contributed by atoms with Crippen LogP contribution in [0.15, 0.2) is 39.7 Å². The maximum atomic E-state index is 12.3. The molecule has 1 aromatic carbocycles. The molecule has 0 atom stereocenters. The molecule has 0 amide bonds.